The molecular formula is C14H24ClN5O2. The fraction of sp³-hybridized carbons (Fsp3) is 0.643. The van der Waals surface area contributed by atoms with Crippen LogP contribution >= 0.6 is 12.4 Å². The maximum absolute atomic E-state index is 12.1. The number of amides is 2. The summed E-state index contributed by atoms with van der Waals surface area (Å²) in [5.74, 6) is -0.275. The number of nitrogens with one attached hydrogen (secondary N) is 4. The third-order valence-corrected chi connectivity index (χ3v) is 3.68. The van der Waals surface area contributed by atoms with Crippen LogP contribution in [0.2, 0.25) is 0 Å². The van der Waals surface area contributed by atoms with Crippen molar-refractivity contribution >= 4 is 24.2 Å². The van der Waals surface area contributed by atoms with E-state index in [2.05, 4.69) is 26.1 Å². The molecular weight excluding hydrogens is 306 g/mol. The van der Waals surface area contributed by atoms with E-state index in [1.165, 1.54) is 0 Å². The van der Waals surface area contributed by atoms with Crippen LogP contribution in [0.3, 0.4) is 0 Å². The minimum Gasteiger partial charge on any atom is -0.354 e. The van der Waals surface area contributed by atoms with E-state index in [1.807, 2.05) is 13.8 Å². The zero-order valence-corrected chi connectivity index (χ0v) is 13.8. The van der Waals surface area contributed by atoms with Crippen molar-refractivity contribution in [3.8, 4) is 0 Å². The van der Waals surface area contributed by atoms with Crippen LogP contribution in [0.15, 0.2) is 0 Å². The Morgan fingerprint density at radius 1 is 1.41 bits per heavy atom. The summed E-state index contributed by atoms with van der Waals surface area (Å²) in [5.41, 5.74) is 2.38. The summed E-state index contributed by atoms with van der Waals surface area (Å²) in [6.07, 6.45) is 2.03. The summed E-state index contributed by atoms with van der Waals surface area (Å²) in [6.45, 7) is 5.84. The zero-order chi connectivity index (χ0) is 15.2. The summed E-state index contributed by atoms with van der Waals surface area (Å²) < 4.78 is 0. The number of hydrogen-bond acceptors (Lipinski definition) is 4. The standard InChI is InChI=1S/C14H23N5O2.ClH/c1-3-9(2)17-12(20)5-7-16-14(21)13-10-8-15-6-4-11(10)18-19-13;/h9,15H,3-8H2,1-2H3,(H,16,21)(H,17,20)(H,18,19);1H. The number of carbonyl (C=O) groups is 2. The molecule has 7 nitrogen and oxygen atoms in total. The summed E-state index contributed by atoms with van der Waals surface area (Å²) >= 11 is 0. The van der Waals surface area contributed by atoms with E-state index in [-0.39, 0.29) is 36.7 Å². The van der Waals surface area contributed by atoms with Crippen LogP contribution in [-0.4, -0.2) is 41.1 Å². The Balaban J connectivity index is 0.00000242. The molecule has 1 unspecified atom stereocenters. The van der Waals surface area contributed by atoms with Crippen molar-refractivity contribution in [2.75, 3.05) is 13.1 Å². The number of fused-ring (bicyclic) bond motifs is 1. The lowest BCUT2D eigenvalue weighted by molar-refractivity contribution is -0.121. The van der Waals surface area contributed by atoms with E-state index in [9.17, 15) is 9.59 Å². The topological polar surface area (TPSA) is 98.9 Å². The van der Waals surface area contributed by atoms with Crippen LogP contribution in [-0.2, 0) is 17.8 Å². The van der Waals surface area contributed by atoms with Crippen LogP contribution in [0, 0.1) is 0 Å². The van der Waals surface area contributed by atoms with Gasteiger partial charge in [0.15, 0.2) is 5.69 Å². The largest absolute Gasteiger partial charge is 0.354 e. The Hall–Kier alpha value is -1.60. The molecule has 1 aliphatic rings. The first-order valence-electron chi connectivity index (χ1n) is 7.46. The van der Waals surface area contributed by atoms with Gasteiger partial charge in [0.05, 0.1) is 0 Å². The highest BCUT2D eigenvalue weighted by atomic mass is 35.5. The quantitative estimate of drug-likeness (QED) is 0.611. The average molecular weight is 330 g/mol. The molecule has 0 aromatic carbocycles. The number of halogens is 1. The maximum Gasteiger partial charge on any atom is 0.272 e. The van der Waals surface area contributed by atoms with Crippen molar-refractivity contribution in [3.05, 3.63) is 17.0 Å². The van der Waals surface area contributed by atoms with Gasteiger partial charge in [0, 0.05) is 49.8 Å². The molecule has 0 saturated carbocycles. The number of aromatic nitrogens is 2. The van der Waals surface area contributed by atoms with E-state index >= 15 is 0 Å². The molecule has 8 heteroatoms. The predicted octanol–water partition coefficient (Wildman–Crippen LogP) is 0.512. The number of H-pyrrole nitrogens is 1. The summed E-state index contributed by atoms with van der Waals surface area (Å²) in [4.78, 5) is 23.7. The van der Waals surface area contributed by atoms with Gasteiger partial charge < -0.3 is 16.0 Å². The fourth-order valence-electron chi connectivity index (χ4n) is 2.24. The van der Waals surface area contributed by atoms with Crippen molar-refractivity contribution in [2.24, 2.45) is 0 Å². The first kappa shape index (κ1) is 18.4. The molecule has 0 fully saturated rings. The smallest absolute Gasteiger partial charge is 0.272 e. The van der Waals surface area contributed by atoms with Crippen molar-refractivity contribution in [1.82, 2.24) is 26.1 Å². The summed E-state index contributed by atoms with van der Waals surface area (Å²) in [5, 5.41) is 15.8. The molecule has 0 radical (unpaired) electrons. The number of hydrogen-bond donors (Lipinski definition) is 4. The molecule has 2 heterocycles. The molecule has 0 saturated heterocycles. The highest BCUT2D eigenvalue weighted by Crippen LogP contribution is 2.14. The molecule has 2 amide bonds. The normalized spacial score (nSPS) is 14.5. The molecule has 1 aromatic rings. The van der Waals surface area contributed by atoms with Gasteiger partial charge in [-0.15, -0.1) is 12.4 Å². The monoisotopic (exact) mass is 329 g/mol. The molecule has 0 spiro atoms. The van der Waals surface area contributed by atoms with Gasteiger partial charge in [-0.05, 0) is 13.3 Å². The Bertz CT molecular complexity index is 517. The van der Waals surface area contributed by atoms with Gasteiger partial charge >= 0.3 is 0 Å². The molecule has 1 atom stereocenters. The highest BCUT2D eigenvalue weighted by molar-refractivity contribution is 5.94. The van der Waals surface area contributed by atoms with E-state index in [4.69, 9.17) is 0 Å². The molecule has 0 aliphatic carbocycles. The van der Waals surface area contributed by atoms with Crippen molar-refractivity contribution < 1.29 is 9.59 Å². The molecule has 2 rings (SSSR count). The first-order chi connectivity index (χ1) is 10.1. The van der Waals surface area contributed by atoms with Gasteiger partial charge in [-0.25, -0.2) is 0 Å². The SMILES string of the molecule is CCC(C)NC(=O)CCNC(=O)c1n[nH]c2c1CNCC2.Cl. The maximum atomic E-state index is 12.1. The number of aromatic amines is 1. The third kappa shape index (κ3) is 4.71. The summed E-state index contributed by atoms with van der Waals surface area (Å²) in [6, 6.07) is 0.164. The van der Waals surface area contributed by atoms with E-state index < -0.39 is 0 Å². The highest BCUT2D eigenvalue weighted by Gasteiger charge is 2.21. The van der Waals surface area contributed by atoms with E-state index in [1.54, 1.807) is 0 Å². The minimum atomic E-state index is -0.229. The van der Waals surface area contributed by atoms with Gasteiger partial charge in [0.1, 0.15) is 0 Å². The second-order valence-electron chi connectivity index (χ2n) is 5.34. The first-order valence-corrected chi connectivity index (χ1v) is 7.46. The second-order valence-corrected chi connectivity index (χ2v) is 5.34. The second kappa shape index (κ2) is 8.75. The fourth-order valence-corrected chi connectivity index (χ4v) is 2.24. The lowest BCUT2D eigenvalue weighted by Gasteiger charge is -2.13. The van der Waals surface area contributed by atoms with Gasteiger partial charge in [-0.2, -0.15) is 5.10 Å². The van der Waals surface area contributed by atoms with Gasteiger partial charge in [-0.1, -0.05) is 6.92 Å². The molecule has 1 aliphatic heterocycles. The summed E-state index contributed by atoms with van der Waals surface area (Å²) in [7, 11) is 0. The van der Waals surface area contributed by atoms with Gasteiger partial charge in [0.2, 0.25) is 5.91 Å². The van der Waals surface area contributed by atoms with Crippen molar-refractivity contribution in [1.29, 1.82) is 0 Å². The lowest BCUT2D eigenvalue weighted by Crippen LogP contribution is -2.35. The Morgan fingerprint density at radius 2 is 2.18 bits per heavy atom. The van der Waals surface area contributed by atoms with Crippen LogP contribution in [0.5, 0.6) is 0 Å². The van der Waals surface area contributed by atoms with Crippen LogP contribution in [0.25, 0.3) is 0 Å². The average Bonchev–Trinajstić information content (AvgIpc) is 2.91. The molecule has 0 bridgehead atoms. The molecule has 4 N–H and O–H groups in total. The van der Waals surface area contributed by atoms with Crippen LogP contribution in [0.1, 0.15) is 48.4 Å². The van der Waals surface area contributed by atoms with E-state index in [0.717, 1.165) is 30.6 Å². The number of rotatable bonds is 6. The third-order valence-electron chi connectivity index (χ3n) is 3.68. The zero-order valence-electron chi connectivity index (χ0n) is 13.0. The van der Waals surface area contributed by atoms with Crippen LogP contribution in [0.4, 0.5) is 0 Å². The van der Waals surface area contributed by atoms with Gasteiger partial charge in [-0.3, -0.25) is 14.7 Å². The Labute approximate surface area is 136 Å². The van der Waals surface area contributed by atoms with Crippen molar-refractivity contribution in [3.63, 3.8) is 0 Å². The van der Waals surface area contributed by atoms with Crippen LogP contribution < -0.4 is 16.0 Å². The molecule has 1 aromatic heterocycles. The Morgan fingerprint density at radius 3 is 2.91 bits per heavy atom. The Kier molecular flexibility index (Phi) is 7.34. The number of nitrogens with zero attached hydrogens (tertiary/aromatic N) is 1. The minimum absolute atomic E-state index is 0. The molecule has 124 valence electrons. The molecule has 22 heavy (non-hydrogen) atoms. The number of carbonyl (C=O) groups excluding carboxylic acids is 2. The van der Waals surface area contributed by atoms with E-state index in [0.29, 0.717) is 18.8 Å². The van der Waals surface area contributed by atoms with Crippen molar-refractivity contribution in [2.45, 2.75) is 45.7 Å². The predicted molar refractivity (Wildman–Crippen MR) is 86.1 cm³/mol. The van der Waals surface area contributed by atoms with Gasteiger partial charge in [0.25, 0.3) is 5.91 Å². The lowest BCUT2D eigenvalue weighted by atomic mass is 10.1.